The number of hydrogen-bond donors (Lipinski definition) is 1. The Morgan fingerprint density at radius 1 is 1.80 bits per heavy atom. The summed E-state index contributed by atoms with van der Waals surface area (Å²) in [5.74, 6) is 1.13. The van der Waals surface area contributed by atoms with Crippen LogP contribution in [0.4, 0.5) is 0 Å². The smallest absolute Gasteiger partial charge is 0.0920 e. The molecule has 2 N–H and O–H groups in total. The number of ether oxygens (including phenoxy) is 1. The SMILES string of the molecule is CCOC1=CCC(N)CC1. The molecule has 0 bridgehead atoms. The summed E-state index contributed by atoms with van der Waals surface area (Å²) in [4.78, 5) is 0. The quantitative estimate of drug-likeness (QED) is 0.631. The summed E-state index contributed by atoms with van der Waals surface area (Å²) in [5.41, 5.74) is 5.69. The van der Waals surface area contributed by atoms with Crippen LogP contribution in [-0.4, -0.2) is 12.6 Å². The number of allylic oxidation sites excluding steroid dienone is 1. The van der Waals surface area contributed by atoms with E-state index in [0.717, 1.165) is 31.6 Å². The Labute approximate surface area is 62.1 Å². The van der Waals surface area contributed by atoms with E-state index in [1.54, 1.807) is 0 Å². The molecule has 0 spiro atoms. The minimum absolute atomic E-state index is 0.365. The molecule has 2 nitrogen and oxygen atoms in total. The highest BCUT2D eigenvalue weighted by Crippen LogP contribution is 2.17. The average molecular weight is 141 g/mol. The highest BCUT2D eigenvalue weighted by atomic mass is 16.5. The van der Waals surface area contributed by atoms with E-state index in [-0.39, 0.29) is 0 Å². The maximum absolute atomic E-state index is 5.69. The number of rotatable bonds is 2. The lowest BCUT2D eigenvalue weighted by Crippen LogP contribution is -2.22. The van der Waals surface area contributed by atoms with Crippen molar-refractivity contribution >= 4 is 0 Å². The van der Waals surface area contributed by atoms with Crippen LogP contribution < -0.4 is 5.73 Å². The fourth-order valence-electron chi connectivity index (χ4n) is 1.15. The second-order valence-electron chi connectivity index (χ2n) is 2.64. The highest BCUT2D eigenvalue weighted by molar-refractivity contribution is 5.00. The molecule has 0 radical (unpaired) electrons. The van der Waals surface area contributed by atoms with Crippen LogP contribution in [0.2, 0.25) is 0 Å². The standard InChI is InChI=1S/C8H15NO/c1-2-10-8-5-3-7(9)4-6-8/h5,7H,2-4,6,9H2,1H3. The van der Waals surface area contributed by atoms with Crippen molar-refractivity contribution in [3.05, 3.63) is 11.8 Å². The minimum atomic E-state index is 0.365. The van der Waals surface area contributed by atoms with Gasteiger partial charge < -0.3 is 10.5 Å². The summed E-state index contributed by atoms with van der Waals surface area (Å²) in [6.07, 6.45) is 5.19. The van der Waals surface area contributed by atoms with Gasteiger partial charge in [0.1, 0.15) is 0 Å². The summed E-state index contributed by atoms with van der Waals surface area (Å²) in [6, 6.07) is 0.365. The van der Waals surface area contributed by atoms with E-state index in [1.165, 1.54) is 0 Å². The van der Waals surface area contributed by atoms with E-state index in [9.17, 15) is 0 Å². The van der Waals surface area contributed by atoms with Gasteiger partial charge in [0.2, 0.25) is 0 Å². The molecule has 0 heterocycles. The highest BCUT2D eigenvalue weighted by Gasteiger charge is 2.09. The molecular formula is C8H15NO. The zero-order chi connectivity index (χ0) is 7.40. The second-order valence-corrected chi connectivity index (χ2v) is 2.64. The predicted octanol–water partition coefficient (Wildman–Crippen LogP) is 1.42. The van der Waals surface area contributed by atoms with Crippen molar-refractivity contribution in [1.29, 1.82) is 0 Å². The molecule has 1 unspecified atom stereocenters. The van der Waals surface area contributed by atoms with Gasteiger partial charge in [-0.1, -0.05) is 0 Å². The van der Waals surface area contributed by atoms with Crippen LogP contribution in [0.3, 0.4) is 0 Å². The van der Waals surface area contributed by atoms with E-state index in [1.807, 2.05) is 6.92 Å². The van der Waals surface area contributed by atoms with Crippen LogP contribution in [0.25, 0.3) is 0 Å². The van der Waals surface area contributed by atoms with Crippen molar-refractivity contribution in [2.45, 2.75) is 32.2 Å². The topological polar surface area (TPSA) is 35.2 Å². The molecule has 1 rings (SSSR count). The van der Waals surface area contributed by atoms with Gasteiger partial charge in [-0.05, 0) is 25.8 Å². The van der Waals surface area contributed by atoms with Crippen molar-refractivity contribution in [2.75, 3.05) is 6.61 Å². The van der Waals surface area contributed by atoms with E-state index in [4.69, 9.17) is 10.5 Å². The van der Waals surface area contributed by atoms with Crippen molar-refractivity contribution in [2.24, 2.45) is 5.73 Å². The molecule has 0 aromatic rings. The zero-order valence-electron chi connectivity index (χ0n) is 6.47. The van der Waals surface area contributed by atoms with Crippen LogP contribution in [0.1, 0.15) is 26.2 Å². The first kappa shape index (κ1) is 7.61. The van der Waals surface area contributed by atoms with E-state index < -0.39 is 0 Å². The van der Waals surface area contributed by atoms with Crippen molar-refractivity contribution in [3.63, 3.8) is 0 Å². The maximum atomic E-state index is 5.69. The average Bonchev–Trinajstić information content (AvgIpc) is 1.95. The van der Waals surface area contributed by atoms with E-state index in [0.29, 0.717) is 6.04 Å². The van der Waals surface area contributed by atoms with Gasteiger partial charge in [-0.25, -0.2) is 0 Å². The summed E-state index contributed by atoms with van der Waals surface area (Å²) < 4.78 is 5.34. The third kappa shape index (κ3) is 2.03. The van der Waals surface area contributed by atoms with Gasteiger partial charge in [-0.3, -0.25) is 0 Å². The molecule has 1 aliphatic rings. The third-order valence-corrected chi connectivity index (χ3v) is 1.74. The minimum Gasteiger partial charge on any atom is -0.499 e. The number of hydrogen-bond acceptors (Lipinski definition) is 2. The molecule has 10 heavy (non-hydrogen) atoms. The Balaban J connectivity index is 2.33. The monoisotopic (exact) mass is 141 g/mol. The molecule has 0 fully saturated rings. The molecule has 0 aliphatic heterocycles. The lowest BCUT2D eigenvalue weighted by atomic mass is 10.0. The van der Waals surface area contributed by atoms with Crippen molar-refractivity contribution < 1.29 is 4.74 Å². The molecule has 0 amide bonds. The van der Waals surface area contributed by atoms with Crippen molar-refractivity contribution in [1.82, 2.24) is 0 Å². The first-order chi connectivity index (χ1) is 4.83. The van der Waals surface area contributed by atoms with Gasteiger partial charge in [0, 0.05) is 12.5 Å². The maximum Gasteiger partial charge on any atom is 0.0920 e. The Kier molecular flexibility index (Phi) is 2.75. The Morgan fingerprint density at radius 3 is 3.10 bits per heavy atom. The van der Waals surface area contributed by atoms with Gasteiger partial charge in [-0.2, -0.15) is 0 Å². The van der Waals surface area contributed by atoms with E-state index >= 15 is 0 Å². The van der Waals surface area contributed by atoms with Gasteiger partial charge in [0.25, 0.3) is 0 Å². The summed E-state index contributed by atoms with van der Waals surface area (Å²) in [6.45, 7) is 2.79. The summed E-state index contributed by atoms with van der Waals surface area (Å²) in [7, 11) is 0. The normalized spacial score (nSPS) is 25.8. The molecule has 0 aromatic heterocycles. The van der Waals surface area contributed by atoms with Crippen LogP contribution in [0.15, 0.2) is 11.8 Å². The number of nitrogens with two attached hydrogens (primary N) is 1. The van der Waals surface area contributed by atoms with E-state index in [2.05, 4.69) is 6.08 Å². The van der Waals surface area contributed by atoms with Gasteiger partial charge >= 0.3 is 0 Å². The van der Waals surface area contributed by atoms with Crippen LogP contribution in [0.5, 0.6) is 0 Å². The molecule has 2 heteroatoms. The molecule has 1 atom stereocenters. The van der Waals surface area contributed by atoms with Gasteiger partial charge in [-0.15, -0.1) is 0 Å². The Morgan fingerprint density at radius 2 is 2.60 bits per heavy atom. The van der Waals surface area contributed by atoms with Crippen LogP contribution in [-0.2, 0) is 4.74 Å². The summed E-state index contributed by atoms with van der Waals surface area (Å²) in [5, 5.41) is 0. The first-order valence-electron chi connectivity index (χ1n) is 3.90. The lowest BCUT2D eigenvalue weighted by molar-refractivity contribution is 0.208. The molecule has 0 saturated heterocycles. The fourth-order valence-corrected chi connectivity index (χ4v) is 1.15. The van der Waals surface area contributed by atoms with Crippen LogP contribution >= 0.6 is 0 Å². The predicted molar refractivity (Wildman–Crippen MR) is 41.5 cm³/mol. The zero-order valence-corrected chi connectivity index (χ0v) is 6.47. The third-order valence-electron chi connectivity index (χ3n) is 1.74. The first-order valence-corrected chi connectivity index (χ1v) is 3.90. The van der Waals surface area contributed by atoms with Crippen molar-refractivity contribution in [3.8, 4) is 0 Å². The van der Waals surface area contributed by atoms with Crippen LogP contribution in [0, 0.1) is 0 Å². The van der Waals surface area contributed by atoms with Gasteiger partial charge in [0.05, 0.1) is 12.4 Å². The molecular weight excluding hydrogens is 126 g/mol. The molecule has 0 aromatic carbocycles. The lowest BCUT2D eigenvalue weighted by Gasteiger charge is -2.17. The fraction of sp³-hybridized carbons (Fsp3) is 0.750. The Hall–Kier alpha value is -0.500. The molecule has 58 valence electrons. The Bertz CT molecular complexity index is 131. The van der Waals surface area contributed by atoms with Gasteiger partial charge in [0.15, 0.2) is 0 Å². The summed E-state index contributed by atoms with van der Waals surface area (Å²) >= 11 is 0. The molecule has 1 aliphatic carbocycles. The second kappa shape index (κ2) is 3.62. The molecule has 0 saturated carbocycles. The largest absolute Gasteiger partial charge is 0.499 e.